The molecule has 0 bridgehead atoms. The zero-order valence-electron chi connectivity index (χ0n) is 7.49. The van der Waals surface area contributed by atoms with Crippen molar-refractivity contribution in [2.24, 2.45) is 0 Å². The van der Waals surface area contributed by atoms with E-state index in [1.807, 2.05) is 23.5 Å². The molecule has 0 fully saturated rings. The molecule has 0 unspecified atom stereocenters. The predicted molar refractivity (Wildman–Crippen MR) is 53.2 cm³/mol. The lowest BCUT2D eigenvalue weighted by Crippen LogP contribution is -2.17. The van der Waals surface area contributed by atoms with Gasteiger partial charge in [0.25, 0.3) is 0 Å². The van der Waals surface area contributed by atoms with Gasteiger partial charge in [0.1, 0.15) is 0 Å². The molecule has 0 radical (unpaired) electrons. The number of hydrogen-bond acceptors (Lipinski definition) is 4. The van der Waals surface area contributed by atoms with E-state index >= 15 is 0 Å². The third kappa shape index (κ3) is 4.95. The summed E-state index contributed by atoms with van der Waals surface area (Å²) in [7, 11) is 3.34. The maximum absolute atomic E-state index is 5.08. The number of hydrogen-bond donors (Lipinski definition) is 0. The molecule has 2 nitrogen and oxygen atoms in total. The summed E-state index contributed by atoms with van der Waals surface area (Å²) in [5, 5.41) is 0. The van der Waals surface area contributed by atoms with Crippen molar-refractivity contribution in [1.29, 1.82) is 0 Å². The molecular weight excluding hydrogens is 180 g/mol. The Hall–Kier alpha value is 0.620. The maximum atomic E-state index is 5.08. The van der Waals surface area contributed by atoms with Gasteiger partial charge in [-0.15, -0.1) is 0 Å². The molecule has 0 aromatic carbocycles. The fraction of sp³-hybridized carbons (Fsp3) is 1.00. The van der Waals surface area contributed by atoms with E-state index in [9.17, 15) is 0 Å². The van der Waals surface area contributed by atoms with Crippen LogP contribution in [-0.4, -0.2) is 37.6 Å². The van der Waals surface area contributed by atoms with Crippen LogP contribution >= 0.6 is 23.5 Å². The third-order valence-electron chi connectivity index (χ3n) is 1.44. The lowest BCUT2D eigenvalue weighted by atomic mass is 10.5. The van der Waals surface area contributed by atoms with Crippen molar-refractivity contribution < 1.29 is 9.47 Å². The van der Waals surface area contributed by atoms with Crippen molar-refractivity contribution in [2.45, 2.75) is 17.3 Å². The molecule has 0 aliphatic rings. The van der Waals surface area contributed by atoms with E-state index in [2.05, 4.69) is 12.5 Å². The van der Waals surface area contributed by atoms with Gasteiger partial charge in [-0.2, -0.15) is 23.5 Å². The Kier molecular flexibility index (Phi) is 7.69. The van der Waals surface area contributed by atoms with E-state index in [1.165, 1.54) is 0 Å². The van der Waals surface area contributed by atoms with Gasteiger partial charge >= 0.3 is 0 Å². The lowest BCUT2D eigenvalue weighted by Gasteiger charge is -2.18. The van der Waals surface area contributed by atoms with Crippen molar-refractivity contribution in [1.82, 2.24) is 0 Å². The fourth-order valence-corrected chi connectivity index (χ4v) is 2.20. The molecule has 0 aliphatic heterocycles. The molecule has 0 aromatic rings. The molecule has 68 valence electrons. The van der Waals surface area contributed by atoms with E-state index in [0.29, 0.717) is 4.58 Å². The molecule has 11 heavy (non-hydrogen) atoms. The first-order chi connectivity index (χ1) is 5.28. The Morgan fingerprint density at radius 3 is 1.82 bits per heavy atom. The molecular formula is C7H16O2S2. The van der Waals surface area contributed by atoms with Crippen molar-refractivity contribution >= 4 is 23.5 Å². The van der Waals surface area contributed by atoms with Crippen LogP contribution in [0.1, 0.15) is 6.42 Å². The molecule has 0 N–H and O–H groups in total. The van der Waals surface area contributed by atoms with Crippen LogP contribution in [-0.2, 0) is 9.47 Å². The maximum Gasteiger partial charge on any atom is 0.158 e. The van der Waals surface area contributed by atoms with Gasteiger partial charge < -0.3 is 9.47 Å². The molecule has 0 atom stereocenters. The minimum absolute atomic E-state index is 0.0556. The summed E-state index contributed by atoms with van der Waals surface area (Å²) in [6.45, 7) is 0. The van der Waals surface area contributed by atoms with Crippen LogP contribution in [0, 0.1) is 0 Å². The number of ether oxygens (including phenoxy) is 2. The molecule has 0 heterocycles. The van der Waals surface area contributed by atoms with Crippen LogP contribution in [0.2, 0.25) is 0 Å². The summed E-state index contributed by atoms with van der Waals surface area (Å²) < 4.78 is 10.7. The normalized spacial score (nSPS) is 11.5. The summed E-state index contributed by atoms with van der Waals surface area (Å²) in [5.74, 6) is 0. The zero-order valence-corrected chi connectivity index (χ0v) is 9.13. The summed E-state index contributed by atoms with van der Waals surface area (Å²) >= 11 is 3.66. The van der Waals surface area contributed by atoms with Gasteiger partial charge in [-0.3, -0.25) is 0 Å². The van der Waals surface area contributed by atoms with Gasteiger partial charge in [0.15, 0.2) is 6.29 Å². The van der Waals surface area contributed by atoms with Crippen molar-refractivity contribution in [2.75, 3.05) is 26.7 Å². The predicted octanol–water partition coefficient (Wildman–Crippen LogP) is 2.05. The highest BCUT2D eigenvalue weighted by Crippen LogP contribution is 2.24. The third-order valence-corrected chi connectivity index (χ3v) is 4.03. The smallest absolute Gasteiger partial charge is 0.158 e. The van der Waals surface area contributed by atoms with Crippen LogP contribution in [0.25, 0.3) is 0 Å². The molecule has 0 spiro atoms. The van der Waals surface area contributed by atoms with Gasteiger partial charge in [0, 0.05) is 20.6 Å². The SMILES string of the molecule is COC(CC(SC)SC)OC. The first kappa shape index (κ1) is 11.6. The second-order valence-corrected chi connectivity index (χ2v) is 4.42. The summed E-state index contributed by atoms with van der Waals surface area (Å²) in [4.78, 5) is 0. The molecule has 0 saturated carbocycles. The monoisotopic (exact) mass is 196 g/mol. The van der Waals surface area contributed by atoms with Crippen LogP contribution < -0.4 is 0 Å². The standard InChI is InChI=1S/C7H16O2S2/c1-8-6(9-2)5-7(10-3)11-4/h6-7H,5H2,1-4H3. The van der Waals surface area contributed by atoms with E-state index in [-0.39, 0.29) is 6.29 Å². The fourth-order valence-electron chi connectivity index (χ4n) is 0.734. The number of rotatable bonds is 6. The summed E-state index contributed by atoms with van der Waals surface area (Å²) in [5.41, 5.74) is 0. The minimum atomic E-state index is -0.0556. The lowest BCUT2D eigenvalue weighted by molar-refractivity contribution is -0.103. The van der Waals surface area contributed by atoms with Gasteiger partial charge in [-0.25, -0.2) is 0 Å². The van der Waals surface area contributed by atoms with Crippen molar-refractivity contribution in [3.8, 4) is 0 Å². The second kappa shape index (κ2) is 7.28. The van der Waals surface area contributed by atoms with Crippen molar-refractivity contribution in [3.05, 3.63) is 0 Å². The Labute approximate surface area is 77.4 Å². The number of thioether (sulfide) groups is 2. The highest BCUT2D eigenvalue weighted by Gasteiger charge is 2.12. The second-order valence-electron chi connectivity index (χ2n) is 2.04. The van der Waals surface area contributed by atoms with Crippen LogP contribution in [0.5, 0.6) is 0 Å². The zero-order chi connectivity index (χ0) is 8.69. The quantitative estimate of drug-likeness (QED) is 0.605. The van der Waals surface area contributed by atoms with Gasteiger partial charge in [-0.05, 0) is 12.5 Å². The van der Waals surface area contributed by atoms with Gasteiger partial charge in [0.2, 0.25) is 0 Å². The van der Waals surface area contributed by atoms with Crippen LogP contribution in [0.4, 0.5) is 0 Å². The summed E-state index contributed by atoms with van der Waals surface area (Å²) in [6.07, 6.45) is 5.09. The van der Waals surface area contributed by atoms with E-state index in [0.717, 1.165) is 6.42 Å². The largest absolute Gasteiger partial charge is 0.356 e. The molecule has 0 rings (SSSR count). The molecule has 4 heteroatoms. The Balaban J connectivity index is 3.58. The van der Waals surface area contributed by atoms with Crippen molar-refractivity contribution in [3.63, 3.8) is 0 Å². The highest BCUT2D eigenvalue weighted by molar-refractivity contribution is 8.16. The van der Waals surface area contributed by atoms with Crippen LogP contribution in [0.3, 0.4) is 0 Å². The van der Waals surface area contributed by atoms with E-state index in [1.54, 1.807) is 14.2 Å². The Morgan fingerprint density at radius 2 is 1.55 bits per heavy atom. The minimum Gasteiger partial charge on any atom is -0.356 e. The first-order valence-corrected chi connectivity index (χ1v) is 5.97. The summed E-state index contributed by atoms with van der Waals surface area (Å²) in [6, 6.07) is 0. The molecule has 0 aliphatic carbocycles. The van der Waals surface area contributed by atoms with Gasteiger partial charge in [-0.1, -0.05) is 0 Å². The van der Waals surface area contributed by atoms with E-state index in [4.69, 9.17) is 9.47 Å². The van der Waals surface area contributed by atoms with E-state index < -0.39 is 0 Å². The van der Waals surface area contributed by atoms with Gasteiger partial charge in [0.05, 0.1) is 4.58 Å². The first-order valence-electron chi connectivity index (χ1n) is 3.39. The number of methoxy groups -OCH3 is 2. The van der Waals surface area contributed by atoms with Crippen LogP contribution in [0.15, 0.2) is 0 Å². The Morgan fingerprint density at radius 1 is 1.09 bits per heavy atom. The molecule has 0 aromatic heterocycles. The molecule has 0 saturated heterocycles. The highest BCUT2D eigenvalue weighted by atomic mass is 32.2. The topological polar surface area (TPSA) is 18.5 Å². The average Bonchev–Trinajstić information content (AvgIpc) is 2.07. The molecule has 0 amide bonds. The average molecular weight is 196 g/mol. The Bertz CT molecular complexity index is 72.5.